The molecule has 0 N–H and O–H groups in total. The Bertz CT molecular complexity index is 3740. The minimum atomic E-state index is 1.14. The molecule has 0 atom stereocenters. The van der Waals surface area contributed by atoms with Crippen LogP contribution in [0.3, 0.4) is 0 Å². The fourth-order valence-electron chi connectivity index (χ4n) is 9.96. The van der Waals surface area contributed by atoms with Crippen molar-refractivity contribution < 1.29 is 0 Å². The predicted molar refractivity (Wildman–Crippen MR) is 244 cm³/mol. The van der Waals surface area contributed by atoms with E-state index in [4.69, 9.17) is 0 Å². The Balaban J connectivity index is 1.09. The van der Waals surface area contributed by atoms with Crippen LogP contribution in [0.15, 0.2) is 206 Å². The molecule has 0 unspecified atom stereocenters. The molecule has 270 valence electrons. The molecule has 0 aliphatic carbocycles. The molecule has 0 saturated carbocycles. The van der Waals surface area contributed by atoms with E-state index in [2.05, 4.69) is 225 Å². The first kappa shape index (κ1) is 31.4. The summed E-state index contributed by atoms with van der Waals surface area (Å²) in [4.78, 5) is 0. The summed E-state index contributed by atoms with van der Waals surface area (Å²) in [6.45, 7) is 0. The first-order chi connectivity index (χ1) is 28.8. The van der Waals surface area contributed by atoms with Gasteiger partial charge in [-0.25, -0.2) is 0 Å². The van der Waals surface area contributed by atoms with Crippen LogP contribution in [0.2, 0.25) is 0 Å². The number of para-hydroxylation sites is 7. The molecule has 0 saturated heterocycles. The van der Waals surface area contributed by atoms with Crippen molar-refractivity contribution in [2.75, 3.05) is 0 Å². The van der Waals surface area contributed by atoms with Gasteiger partial charge in [-0.05, 0) is 78.9 Å². The highest BCUT2D eigenvalue weighted by Crippen LogP contribution is 2.42. The maximum atomic E-state index is 2.47. The van der Waals surface area contributed by atoms with E-state index in [1.54, 1.807) is 0 Å². The Kier molecular flexibility index (Phi) is 6.41. The molecular formula is C54H34N4. The maximum Gasteiger partial charge on any atom is 0.0782 e. The molecule has 4 aromatic heterocycles. The Labute approximate surface area is 333 Å². The summed E-state index contributed by atoms with van der Waals surface area (Å²) in [6, 6.07) is 75.5. The predicted octanol–water partition coefficient (Wildman–Crippen LogP) is 14.1. The summed E-state index contributed by atoms with van der Waals surface area (Å²) >= 11 is 0. The number of aromatic nitrogens is 4. The summed E-state index contributed by atoms with van der Waals surface area (Å²) in [6.07, 6.45) is 0. The third-order valence-corrected chi connectivity index (χ3v) is 12.3. The molecule has 58 heavy (non-hydrogen) atoms. The van der Waals surface area contributed by atoms with Crippen LogP contribution in [0.4, 0.5) is 0 Å². The summed E-state index contributed by atoms with van der Waals surface area (Å²) in [5, 5.41) is 9.95. The molecule has 13 rings (SSSR count). The highest BCUT2D eigenvalue weighted by Gasteiger charge is 2.21. The zero-order valence-corrected chi connectivity index (χ0v) is 31.4. The lowest BCUT2D eigenvalue weighted by atomic mass is 10.1. The lowest BCUT2D eigenvalue weighted by molar-refractivity contribution is 1.13. The third kappa shape index (κ3) is 4.23. The van der Waals surface area contributed by atoms with Gasteiger partial charge in [-0.1, -0.05) is 127 Å². The molecule has 0 radical (unpaired) electrons. The van der Waals surface area contributed by atoms with Gasteiger partial charge in [-0.2, -0.15) is 0 Å². The van der Waals surface area contributed by atoms with E-state index in [0.29, 0.717) is 0 Å². The Morgan fingerprint density at radius 3 is 1.24 bits per heavy atom. The lowest BCUT2D eigenvalue weighted by Crippen LogP contribution is -2.00. The average molecular weight is 739 g/mol. The second-order valence-corrected chi connectivity index (χ2v) is 15.3. The SMILES string of the molecule is c1ccc(-n2c3ccccc3c3cccc(-n4c5ccccc5c5cc(-n6c7ccccc7c7ccc(-n8c9ccccc9c9ccccc98)cc76)ccc54)c32)cc1. The van der Waals surface area contributed by atoms with Crippen molar-refractivity contribution in [3.63, 3.8) is 0 Å². The molecule has 13 aromatic rings. The van der Waals surface area contributed by atoms with E-state index >= 15 is 0 Å². The van der Waals surface area contributed by atoms with E-state index in [-0.39, 0.29) is 0 Å². The summed E-state index contributed by atoms with van der Waals surface area (Å²) in [7, 11) is 0. The van der Waals surface area contributed by atoms with Crippen molar-refractivity contribution in [3.05, 3.63) is 206 Å². The number of nitrogens with zero attached hydrogens (tertiary/aromatic N) is 4. The number of hydrogen-bond acceptors (Lipinski definition) is 0. The van der Waals surface area contributed by atoms with Crippen molar-refractivity contribution in [3.8, 4) is 22.7 Å². The average Bonchev–Trinajstić information content (AvgIpc) is 4.01. The smallest absolute Gasteiger partial charge is 0.0782 e. The Morgan fingerprint density at radius 1 is 0.207 bits per heavy atom. The van der Waals surface area contributed by atoms with Gasteiger partial charge >= 0.3 is 0 Å². The molecular weight excluding hydrogens is 705 g/mol. The molecule has 0 fully saturated rings. The van der Waals surface area contributed by atoms with Crippen molar-refractivity contribution in [2.24, 2.45) is 0 Å². The second-order valence-electron chi connectivity index (χ2n) is 15.3. The van der Waals surface area contributed by atoms with Crippen molar-refractivity contribution in [1.29, 1.82) is 0 Å². The van der Waals surface area contributed by atoms with Gasteiger partial charge < -0.3 is 18.3 Å². The zero-order valence-electron chi connectivity index (χ0n) is 31.4. The van der Waals surface area contributed by atoms with Gasteiger partial charge in [0, 0.05) is 60.2 Å². The minimum Gasteiger partial charge on any atom is -0.309 e. The highest BCUT2D eigenvalue weighted by atomic mass is 15.1. The molecule has 9 aromatic carbocycles. The van der Waals surface area contributed by atoms with Crippen LogP contribution in [-0.2, 0) is 0 Å². The minimum absolute atomic E-state index is 1.14. The molecule has 4 heterocycles. The van der Waals surface area contributed by atoms with Crippen LogP contribution in [0.25, 0.3) is 110 Å². The standard InChI is InChI=1S/C54H34N4/c1-2-15-35(16-3-1)57-49-26-12-7-20-41(49)44-22-14-28-52(54(44)57)58-50-27-13-8-21-42(50)45-33-36(30-32-51(45)58)56-48-25-11-6-19-40(48)43-31-29-37(34-53(43)56)55-46-23-9-4-17-38(46)39-18-5-10-24-47(39)55/h1-34H. The van der Waals surface area contributed by atoms with E-state index < -0.39 is 0 Å². The number of fused-ring (bicyclic) bond motifs is 12. The van der Waals surface area contributed by atoms with E-state index in [9.17, 15) is 0 Å². The molecule has 0 spiro atoms. The summed E-state index contributed by atoms with van der Waals surface area (Å²) in [5.41, 5.74) is 14.1. The molecule has 4 heteroatoms. The molecule has 0 aliphatic heterocycles. The number of rotatable bonds is 4. The van der Waals surface area contributed by atoms with Crippen molar-refractivity contribution in [1.82, 2.24) is 18.3 Å². The van der Waals surface area contributed by atoms with Gasteiger partial charge in [0.25, 0.3) is 0 Å². The van der Waals surface area contributed by atoms with Crippen molar-refractivity contribution in [2.45, 2.75) is 0 Å². The van der Waals surface area contributed by atoms with Gasteiger partial charge in [-0.15, -0.1) is 0 Å². The van der Waals surface area contributed by atoms with Crippen LogP contribution in [0, 0.1) is 0 Å². The number of hydrogen-bond donors (Lipinski definition) is 0. The summed E-state index contributed by atoms with van der Waals surface area (Å²) < 4.78 is 9.78. The van der Waals surface area contributed by atoms with Crippen LogP contribution in [0.1, 0.15) is 0 Å². The fraction of sp³-hybridized carbons (Fsp3) is 0. The highest BCUT2D eigenvalue weighted by molar-refractivity contribution is 6.16. The van der Waals surface area contributed by atoms with Gasteiger partial charge in [0.15, 0.2) is 0 Å². The number of benzene rings is 9. The van der Waals surface area contributed by atoms with Gasteiger partial charge in [0.2, 0.25) is 0 Å². The fourth-order valence-corrected chi connectivity index (χ4v) is 9.96. The Morgan fingerprint density at radius 2 is 0.621 bits per heavy atom. The van der Waals surface area contributed by atoms with Gasteiger partial charge in [0.05, 0.1) is 49.8 Å². The first-order valence-electron chi connectivity index (χ1n) is 20.0. The van der Waals surface area contributed by atoms with E-state index in [1.165, 1.54) is 87.2 Å². The van der Waals surface area contributed by atoms with Gasteiger partial charge in [0.1, 0.15) is 0 Å². The largest absolute Gasteiger partial charge is 0.309 e. The van der Waals surface area contributed by atoms with E-state index in [1.807, 2.05) is 0 Å². The maximum absolute atomic E-state index is 2.47. The summed E-state index contributed by atoms with van der Waals surface area (Å²) in [5.74, 6) is 0. The quantitative estimate of drug-likeness (QED) is 0.171. The lowest BCUT2D eigenvalue weighted by Gasteiger charge is -2.15. The first-order valence-corrected chi connectivity index (χ1v) is 20.0. The topological polar surface area (TPSA) is 19.7 Å². The van der Waals surface area contributed by atoms with Crippen LogP contribution >= 0.6 is 0 Å². The van der Waals surface area contributed by atoms with Crippen LogP contribution in [-0.4, -0.2) is 18.3 Å². The second kappa shape index (κ2) is 11.8. The van der Waals surface area contributed by atoms with Crippen LogP contribution < -0.4 is 0 Å². The normalized spacial score (nSPS) is 12.1. The molecule has 4 nitrogen and oxygen atoms in total. The van der Waals surface area contributed by atoms with Crippen LogP contribution in [0.5, 0.6) is 0 Å². The molecule has 0 amide bonds. The van der Waals surface area contributed by atoms with E-state index in [0.717, 1.165) is 22.7 Å². The monoisotopic (exact) mass is 738 g/mol. The Hall–Kier alpha value is -7.82. The van der Waals surface area contributed by atoms with Crippen molar-refractivity contribution >= 4 is 87.2 Å². The van der Waals surface area contributed by atoms with Gasteiger partial charge in [-0.3, -0.25) is 0 Å². The molecule has 0 aliphatic rings. The third-order valence-electron chi connectivity index (χ3n) is 12.3. The molecule has 0 bridgehead atoms. The zero-order chi connectivity index (χ0) is 37.9.